The van der Waals surface area contributed by atoms with Crippen molar-refractivity contribution in [1.29, 1.82) is 0 Å². The van der Waals surface area contributed by atoms with Crippen LogP contribution in [0.25, 0.3) is 11.1 Å². The van der Waals surface area contributed by atoms with Crippen molar-refractivity contribution in [3.63, 3.8) is 0 Å². The summed E-state index contributed by atoms with van der Waals surface area (Å²) in [6.45, 7) is 4.58. The number of pyridine rings is 1. The Balaban J connectivity index is 1.69. The monoisotopic (exact) mass is 301 g/mol. The summed E-state index contributed by atoms with van der Waals surface area (Å²) in [5.74, 6) is 0.693. The van der Waals surface area contributed by atoms with E-state index >= 15 is 0 Å². The van der Waals surface area contributed by atoms with Gasteiger partial charge in [-0.15, -0.1) is 0 Å². The summed E-state index contributed by atoms with van der Waals surface area (Å²) in [5, 5.41) is 8.96. The number of aliphatic hydroxyl groups excluding tert-OH is 1. The summed E-state index contributed by atoms with van der Waals surface area (Å²) in [4.78, 5) is 8.94. The van der Waals surface area contributed by atoms with Crippen molar-refractivity contribution in [2.24, 2.45) is 0 Å². The molecule has 1 aromatic heterocycles. The molecule has 5 heteroatoms. The number of benzene rings is 1. The van der Waals surface area contributed by atoms with Crippen molar-refractivity contribution >= 4 is 5.82 Å². The summed E-state index contributed by atoms with van der Waals surface area (Å²) in [6.07, 6.45) is 1.73. The highest BCUT2D eigenvalue weighted by atomic mass is 19.1. The molecule has 22 heavy (non-hydrogen) atoms. The molecule has 1 aromatic carbocycles. The molecule has 0 amide bonds. The highest BCUT2D eigenvalue weighted by molar-refractivity contribution is 5.64. The third-order valence-electron chi connectivity index (χ3n) is 4.05. The number of rotatable bonds is 4. The Morgan fingerprint density at radius 2 is 1.82 bits per heavy atom. The van der Waals surface area contributed by atoms with Crippen LogP contribution in [-0.4, -0.2) is 54.3 Å². The van der Waals surface area contributed by atoms with Gasteiger partial charge in [0, 0.05) is 50.0 Å². The van der Waals surface area contributed by atoms with Crippen molar-refractivity contribution in [3.05, 3.63) is 48.4 Å². The predicted octanol–water partition coefficient (Wildman–Crippen LogP) is 2.00. The molecule has 0 radical (unpaired) electrons. The van der Waals surface area contributed by atoms with Gasteiger partial charge in [-0.3, -0.25) is 4.90 Å². The van der Waals surface area contributed by atoms with Crippen LogP contribution in [0.2, 0.25) is 0 Å². The fourth-order valence-corrected chi connectivity index (χ4v) is 2.77. The first kappa shape index (κ1) is 14.9. The Morgan fingerprint density at radius 1 is 1.05 bits per heavy atom. The van der Waals surface area contributed by atoms with Crippen LogP contribution in [0.4, 0.5) is 10.2 Å². The molecule has 0 aliphatic carbocycles. The number of halogens is 1. The van der Waals surface area contributed by atoms with Crippen LogP contribution in [-0.2, 0) is 0 Å². The van der Waals surface area contributed by atoms with Crippen LogP contribution < -0.4 is 4.90 Å². The zero-order valence-electron chi connectivity index (χ0n) is 12.5. The molecule has 0 bridgehead atoms. The number of β-amino-alcohol motifs (C(OH)–C–C–N with tert-alkyl or cyclic N) is 1. The molecule has 116 valence electrons. The smallest absolute Gasteiger partial charge is 0.131 e. The summed E-state index contributed by atoms with van der Waals surface area (Å²) in [6, 6.07) is 10.6. The van der Waals surface area contributed by atoms with Crippen LogP contribution in [0.3, 0.4) is 0 Å². The van der Waals surface area contributed by atoms with Crippen molar-refractivity contribution in [3.8, 4) is 11.1 Å². The minimum Gasteiger partial charge on any atom is -0.395 e. The highest BCUT2D eigenvalue weighted by Gasteiger charge is 2.17. The van der Waals surface area contributed by atoms with E-state index in [9.17, 15) is 4.39 Å². The molecule has 0 atom stereocenters. The van der Waals surface area contributed by atoms with Crippen LogP contribution in [0.1, 0.15) is 0 Å². The number of nitrogens with zero attached hydrogens (tertiary/aromatic N) is 3. The maximum atomic E-state index is 13.8. The minimum absolute atomic E-state index is 0.204. The van der Waals surface area contributed by atoms with Gasteiger partial charge in [-0.05, 0) is 18.2 Å². The predicted molar refractivity (Wildman–Crippen MR) is 85.4 cm³/mol. The van der Waals surface area contributed by atoms with Crippen molar-refractivity contribution in [2.75, 3.05) is 44.2 Å². The Morgan fingerprint density at radius 3 is 2.45 bits per heavy atom. The van der Waals surface area contributed by atoms with Crippen LogP contribution >= 0.6 is 0 Å². The van der Waals surface area contributed by atoms with E-state index in [0.717, 1.165) is 44.1 Å². The van der Waals surface area contributed by atoms with Crippen LogP contribution in [0.15, 0.2) is 42.6 Å². The molecule has 4 nitrogen and oxygen atoms in total. The summed E-state index contributed by atoms with van der Waals surface area (Å²) >= 11 is 0. The first-order valence-electron chi connectivity index (χ1n) is 7.57. The van der Waals surface area contributed by atoms with Gasteiger partial charge in [-0.1, -0.05) is 18.2 Å². The number of hydrogen-bond acceptors (Lipinski definition) is 4. The molecule has 0 unspecified atom stereocenters. The van der Waals surface area contributed by atoms with Gasteiger partial charge in [0.25, 0.3) is 0 Å². The SMILES string of the molecule is OCCN1CCN(c2ccc(-c3ccccc3F)cn2)CC1. The van der Waals surface area contributed by atoms with Crippen molar-refractivity contribution in [1.82, 2.24) is 9.88 Å². The van der Waals surface area contributed by atoms with Gasteiger partial charge in [0.15, 0.2) is 0 Å². The Labute approximate surface area is 129 Å². The third kappa shape index (κ3) is 3.26. The number of aliphatic hydroxyl groups is 1. The Kier molecular flexibility index (Phi) is 4.65. The van der Waals surface area contributed by atoms with Crippen LogP contribution in [0, 0.1) is 5.82 Å². The van der Waals surface area contributed by atoms with Gasteiger partial charge in [0.05, 0.1) is 6.61 Å². The van der Waals surface area contributed by atoms with Crippen molar-refractivity contribution in [2.45, 2.75) is 0 Å². The lowest BCUT2D eigenvalue weighted by Gasteiger charge is -2.35. The van der Waals surface area contributed by atoms with Gasteiger partial charge in [-0.25, -0.2) is 9.37 Å². The highest BCUT2D eigenvalue weighted by Crippen LogP contribution is 2.23. The summed E-state index contributed by atoms with van der Waals surface area (Å²) in [5.41, 5.74) is 1.37. The van der Waals surface area contributed by atoms with E-state index in [1.54, 1.807) is 18.3 Å². The number of aromatic nitrogens is 1. The summed E-state index contributed by atoms with van der Waals surface area (Å²) < 4.78 is 13.8. The zero-order valence-corrected chi connectivity index (χ0v) is 12.5. The van der Waals surface area contributed by atoms with Gasteiger partial charge >= 0.3 is 0 Å². The molecule has 2 heterocycles. The maximum absolute atomic E-state index is 13.8. The molecule has 1 N–H and O–H groups in total. The van der Waals surface area contributed by atoms with E-state index < -0.39 is 0 Å². The lowest BCUT2D eigenvalue weighted by Crippen LogP contribution is -2.47. The van der Waals surface area contributed by atoms with Crippen LogP contribution in [0.5, 0.6) is 0 Å². The fraction of sp³-hybridized carbons (Fsp3) is 0.353. The molecule has 0 saturated carbocycles. The molecule has 1 aliphatic rings. The normalized spacial score (nSPS) is 16.0. The molecule has 3 rings (SSSR count). The standard InChI is InChI=1S/C17H20FN3O/c18-16-4-2-1-3-15(16)14-5-6-17(19-13-14)21-9-7-20(8-10-21)11-12-22/h1-6,13,22H,7-12H2. The van der Waals surface area contributed by atoms with Gasteiger partial charge in [0.1, 0.15) is 11.6 Å². The first-order valence-corrected chi connectivity index (χ1v) is 7.57. The lowest BCUT2D eigenvalue weighted by atomic mass is 10.1. The zero-order chi connectivity index (χ0) is 15.4. The second kappa shape index (κ2) is 6.85. The largest absolute Gasteiger partial charge is 0.395 e. The van der Waals surface area contributed by atoms with Gasteiger partial charge < -0.3 is 10.0 Å². The topological polar surface area (TPSA) is 39.6 Å². The van der Waals surface area contributed by atoms with Crippen molar-refractivity contribution < 1.29 is 9.50 Å². The molecular weight excluding hydrogens is 281 g/mol. The van der Waals surface area contributed by atoms with Gasteiger partial charge in [0.2, 0.25) is 0 Å². The molecule has 2 aromatic rings. The van der Waals surface area contributed by atoms with E-state index in [4.69, 9.17) is 5.11 Å². The number of anilines is 1. The second-order valence-electron chi connectivity index (χ2n) is 5.44. The Bertz CT molecular complexity index is 610. The molecule has 0 spiro atoms. The number of hydrogen-bond donors (Lipinski definition) is 1. The average Bonchev–Trinajstić information content (AvgIpc) is 2.57. The number of piperazine rings is 1. The van der Waals surface area contributed by atoms with Gasteiger partial charge in [-0.2, -0.15) is 0 Å². The molecular formula is C17H20FN3O. The lowest BCUT2D eigenvalue weighted by molar-refractivity contribution is 0.188. The summed E-state index contributed by atoms with van der Waals surface area (Å²) in [7, 11) is 0. The van der Waals surface area contributed by atoms with E-state index in [1.807, 2.05) is 18.2 Å². The Hall–Kier alpha value is -1.98. The first-order chi connectivity index (χ1) is 10.8. The quantitative estimate of drug-likeness (QED) is 0.937. The third-order valence-corrected chi connectivity index (χ3v) is 4.05. The average molecular weight is 301 g/mol. The van der Waals surface area contributed by atoms with E-state index in [0.29, 0.717) is 5.56 Å². The van der Waals surface area contributed by atoms with E-state index in [1.165, 1.54) is 6.07 Å². The maximum Gasteiger partial charge on any atom is 0.131 e. The second-order valence-corrected chi connectivity index (χ2v) is 5.44. The molecule has 1 saturated heterocycles. The molecule has 1 fully saturated rings. The minimum atomic E-state index is -0.227. The fourth-order valence-electron chi connectivity index (χ4n) is 2.77. The molecule has 1 aliphatic heterocycles. The van der Waals surface area contributed by atoms with E-state index in [-0.39, 0.29) is 12.4 Å². The van der Waals surface area contributed by atoms with E-state index in [2.05, 4.69) is 14.8 Å².